The van der Waals surface area contributed by atoms with Gasteiger partial charge in [0.15, 0.2) is 0 Å². The van der Waals surface area contributed by atoms with Crippen LogP contribution in [-0.4, -0.2) is 28.0 Å². The first kappa shape index (κ1) is 21.7. The van der Waals surface area contributed by atoms with Crippen molar-refractivity contribution < 1.29 is 17.9 Å². The Bertz CT molecular complexity index is 1130. The summed E-state index contributed by atoms with van der Waals surface area (Å²) >= 11 is 6.09. The van der Waals surface area contributed by atoms with Gasteiger partial charge in [0.2, 0.25) is 0 Å². The zero-order chi connectivity index (χ0) is 21.7. The summed E-state index contributed by atoms with van der Waals surface area (Å²) in [7, 11) is -2.18. The lowest BCUT2D eigenvalue weighted by Crippen LogP contribution is -2.30. The third-order valence-corrected chi connectivity index (χ3v) is 6.66. The molecule has 0 atom stereocenters. The van der Waals surface area contributed by atoms with Crippen molar-refractivity contribution in [1.29, 1.82) is 0 Å². The Morgan fingerprint density at radius 1 is 1.03 bits per heavy atom. The molecule has 0 aliphatic carbocycles. The maximum atomic E-state index is 12.9. The SMILES string of the molecule is CCN(c1ccc(C(=O)Nc2ccc(OC)c(Cl)c2)cc1)S(=O)(=O)c1ccccc1. The monoisotopic (exact) mass is 444 g/mol. The number of rotatable bonds is 7. The van der Waals surface area contributed by atoms with E-state index >= 15 is 0 Å². The highest BCUT2D eigenvalue weighted by Gasteiger charge is 2.23. The largest absolute Gasteiger partial charge is 0.495 e. The minimum absolute atomic E-state index is 0.213. The highest BCUT2D eigenvalue weighted by Crippen LogP contribution is 2.28. The maximum absolute atomic E-state index is 12.9. The van der Waals surface area contributed by atoms with E-state index in [9.17, 15) is 13.2 Å². The quantitative estimate of drug-likeness (QED) is 0.567. The van der Waals surface area contributed by atoms with Crippen LogP contribution >= 0.6 is 11.6 Å². The van der Waals surface area contributed by atoms with Gasteiger partial charge in [-0.15, -0.1) is 0 Å². The smallest absolute Gasteiger partial charge is 0.264 e. The third kappa shape index (κ3) is 4.58. The van der Waals surface area contributed by atoms with Crippen LogP contribution in [0.15, 0.2) is 77.7 Å². The fourth-order valence-electron chi connectivity index (χ4n) is 2.94. The second kappa shape index (κ2) is 9.19. The van der Waals surface area contributed by atoms with Crippen molar-refractivity contribution in [2.24, 2.45) is 0 Å². The van der Waals surface area contributed by atoms with E-state index in [0.29, 0.717) is 27.7 Å². The van der Waals surface area contributed by atoms with Gasteiger partial charge in [0.1, 0.15) is 5.75 Å². The first-order valence-electron chi connectivity index (χ1n) is 9.19. The van der Waals surface area contributed by atoms with Crippen molar-refractivity contribution in [1.82, 2.24) is 0 Å². The summed E-state index contributed by atoms with van der Waals surface area (Å²) in [6.45, 7) is 2.02. The fourth-order valence-corrected chi connectivity index (χ4v) is 4.69. The second-order valence-electron chi connectivity index (χ2n) is 6.33. The van der Waals surface area contributed by atoms with Crippen LogP contribution in [-0.2, 0) is 10.0 Å². The van der Waals surface area contributed by atoms with E-state index < -0.39 is 10.0 Å². The number of benzene rings is 3. The normalized spacial score (nSPS) is 11.0. The molecule has 8 heteroatoms. The van der Waals surface area contributed by atoms with E-state index in [1.54, 1.807) is 79.7 Å². The van der Waals surface area contributed by atoms with E-state index in [-0.39, 0.29) is 17.3 Å². The molecule has 0 saturated heterocycles. The maximum Gasteiger partial charge on any atom is 0.264 e. The number of halogens is 1. The van der Waals surface area contributed by atoms with Crippen LogP contribution < -0.4 is 14.4 Å². The van der Waals surface area contributed by atoms with Crippen molar-refractivity contribution in [3.8, 4) is 5.75 Å². The standard InChI is InChI=1S/C22H21ClN2O4S/c1-3-25(30(27,28)19-7-5-4-6-8-19)18-12-9-16(10-13-18)22(26)24-17-11-14-21(29-2)20(23)15-17/h4-15H,3H2,1-2H3,(H,24,26). The molecule has 1 amide bonds. The van der Waals surface area contributed by atoms with Crippen LogP contribution in [0, 0.1) is 0 Å². The number of carbonyl (C=O) groups is 1. The van der Waals surface area contributed by atoms with Crippen molar-refractivity contribution in [2.75, 3.05) is 23.3 Å². The lowest BCUT2D eigenvalue weighted by Gasteiger charge is -2.23. The molecule has 0 unspecified atom stereocenters. The number of anilines is 2. The van der Waals surface area contributed by atoms with Crippen molar-refractivity contribution >= 4 is 38.9 Å². The molecule has 6 nitrogen and oxygen atoms in total. The summed E-state index contributed by atoms with van der Waals surface area (Å²) in [5, 5.41) is 3.14. The molecule has 3 aromatic carbocycles. The van der Waals surface area contributed by atoms with Gasteiger partial charge >= 0.3 is 0 Å². The van der Waals surface area contributed by atoms with Crippen LogP contribution in [0.3, 0.4) is 0 Å². The van der Waals surface area contributed by atoms with E-state index in [4.69, 9.17) is 16.3 Å². The highest BCUT2D eigenvalue weighted by atomic mass is 35.5. The Kier molecular flexibility index (Phi) is 6.64. The van der Waals surface area contributed by atoms with Gasteiger partial charge in [-0.2, -0.15) is 0 Å². The van der Waals surface area contributed by atoms with Crippen LogP contribution in [0.1, 0.15) is 17.3 Å². The molecule has 1 N–H and O–H groups in total. The molecule has 3 aromatic rings. The number of hydrogen-bond acceptors (Lipinski definition) is 4. The van der Waals surface area contributed by atoms with E-state index in [0.717, 1.165) is 0 Å². The van der Waals surface area contributed by atoms with Crippen LogP contribution in [0.2, 0.25) is 5.02 Å². The van der Waals surface area contributed by atoms with Crippen molar-refractivity contribution in [3.05, 3.63) is 83.4 Å². The zero-order valence-electron chi connectivity index (χ0n) is 16.5. The Hall–Kier alpha value is -3.03. The Balaban J connectivity index is 1.79. The predicted octanol–water partition coefficient (Wildman–Crippen LogP) is 4.82. The van der Waals surface area contributed by atoms with Gasteiger partial charge in [0.25, 0.3) is 15.9 Å². The highest BCUT2D eigenvalue weighted by molar-refractivity contribution is 7.92. The lowest BCUT2D eigenvalue weighted by atomic mass is 10.2. The molecule has 30 heavy (non-hydrogen) atoms. The average molecular weight is 445 g/mol. The minimum Gasteiger partial charge on any atom is -0.495 e. The number of nitrogens with zero attached hydrogens (tertiary/aromatic N) is 1. The molecule has 0 heterocycles. The lowest BCUT2D eigenvalue weighted by molar-refractivity contribution is 0.102. The predicted molar refractivity (Wildman–Crippen MR) is 119 cm³/mol. The Morgan fingerprint density at radius 3 is 2.27 bits per heavy atom. The summed E-state index contributed by atoms with van der Waals surface area (Å²) in [4.78, 5) is 12.7. The molecule has 0 spiro atoms. The number of sulfonamides is 1. The minimum atomic E-state index is -3.69. The topological polar surface area (TPSA) is 75.7 Å². The van der Waals surface area contributed by atoms with Crippen LogP contribution in [0.4, 0.5) is 11.4 Å². The Morgan fingerprint density at radius 2 is 1.70 bits per heavy atom. The van der Waals surface area contributed by atoms with E-state index in [1.807, 2.05) is 0 Å². The summed E-state index contributed by atoms with van der Waals surface area (Å²) < 4.78 is 32.3. The summed E-state index contributed by atoms with van der Waals surface area (Å²) in [5.41, 5.74) is 1.39. The molecule has 0 radical (unpaired) electrons. The van der Waals surface area contributed by atoms with Gasteiger partial charge in [-0.1, -0.05) is 29.8 Å². The van der Waals surface area contributed by atoms with Gasteiger partial charge in [-0.25, -0.2) is 8.42 Å². The molecule has 3 rings (SSSR count). The molecule has 0 bridgehead atoms. The number of methoxy groups -OCH3 is 1. The molecular formula is C22H21ClN2O4S. The number of carbonyl (C=O) groups excluding carboxylic acids is 1. The van der Waals surface area contributed by atoms with Crippen molar-refractivity contribution in [3.63, 3.8) is 0 Å². The first-order chi connectivity index (χ1) is 14.4. The molecule has 0 aliphatic rings. The van der Waals surface area contributed by atoms with Gasteiger partial charge in [0.05, 0.1) is 22.7 Å². The molecule has 156 valence electrons. The van der Waals surface area contributed by atoms with Gasteiger partial charge < -0.3 is 10.1 Å². The number of nitrogens with one attached hydrogen (secondary N) is 1. The number of amides is 1. The van der Waals surface area contributed by atoms with E-state index in [2.05, 4.69) is 5.32 Å². The summed E-state index contributed by atoms with van der Waals surface area (Å²) in [5.74, 6) is 0.176. The summed E-state index contributed by atoms with van der Waals surface area (Å²) in [6, 6.07) is 19.6. The van der Waals surface area contributed by atoms with Gasteiger partial charge in [0, 0.05) is 17.8 Å². The molecule has 0 aliphatic heterocycles. The molecule has 0 fully saturated rings. The number of hydrogen-bond donors (Lipinski definition) is 1. The second-order valence-corrected chi connectivity index (χ2v) is 8.60. The zero-order valence-corrected chi connectivity index (χ0v) is 18.1. The Labute approximate surface area is 181 Å². The van der Waals surface area contributed by atoms with Gasteiger partial charge in [-0.3, -0.25) is 9.10 Å². The van der Waals surface area contributed by atoms with E-state index in [1.165, 1.54) is 11.4 Å². The number of ether oxygens (including phenoxy) is 1. The van der Waals surface area contributed by atoms with Crippen molar-refractivity contribution in [2.45, 2.75) is 11.8 Å². The average Bonchev–Trinajstić information content (AvgIpc) is 2.75. The first-order valence-corrected chi connectivity index (χ1v) is 11.0. The molecule has 0 aromatic heterocycles. The molecule has 0 saturated carbocycles. The van der Waals surface area contributed by atoms with Gasteiger partial charge in [-0.05, 0) is 61.5 Å². The summed E-state index contributed by atoms with van der Waals surface area (Å²) in [6.07, 6.45) is 0. The van der Waals surface area contributed by atoms with Crippen LogP contribution in [0.25, 0.3) is 0 Å². The fraction of sp³-hybridized carbons (Fsp3) is 0.136. The molecular weight excluding hydrogens is 424 g/mol. The third-order valence-electron chi connectivity index (χ3n) is 4.45. The van der Waals surface area contributed by atoms with Crippen LogP contribution in [0.5, 0.6) is 5.75 Å².